The quantitative estimate of drug-likeness (QED) is 0.693. The lowest BCUT2D eigenvalue weighted by molar-refractivity contribution is 0.192. The van der Waals surface area contributed by atoms with E-state index in [9.17, 15) is 0 Å². The topological polar surface area (TPSA) is 60.2 Å². The van der Waals surface area contributed by atoms with Crippen molar-refractivity contribution in [1.29, 1.82) is 0 Å². The van der Waals surface area contributed by atoms with Crippen LogP contribution >= 0.6 is 0 Å². The Morgan fingerprint density at radius 2 is 2.38 bits per heavy atom. The molecule has 1 rings (SSSR count). The molecule has 0 aliphatic heterocycles. The Bertz CT molecular complexity index is 215. The smallest absolute Gasteiger partial charge is 0.229 e. The molecule has 1 N–H and O–H groups in total. The van der Waals surface area contributed by atoms with E-state index in [2.05, 4.69) is 15.5 Å². The molecule has 5 heteroatoms. The van der Waals surface area contributed by atoms with Gasteiger partial charge in [0.2, 0.25) is 5.89 Å². The summed E-state index contributed by atoms with van der Waals surface area (Å²) in [6, 6.07) is 0. The molecule has 1 aromatic heterocycles. The number of nitrogens with zero attached hydrogens (tertiary/aromatic N) is 2. The summed E-state index contributed by atoms with van der Waals surface area (Å²) < 4.78 is 9.88. The molecular formula is C8H15N3O2. The minimum atomic E-state index is 0.614. The molecule has 5 nitrogen and oxygen atoms in total. The lowest BCUT2D eigenvalue weighted by atomic mass is 10.4. The zero-order chi connectivity index (χ0) is 9.52. The number of nitrogens with one attached hydrogen (secondary N) is 1. The Morgan fingerprint density at radius 1 is 1.54 bits per heavy atom. The average Bonchev–Trinajstić information content (AvgIpc) is 2.59. The number of ether oxygens (including phenoxy) is 1. The van der Waals surface area contributed by atoms with Crippen LogP contribution in [0.4, 0.5) is 0 Å². The number of methoxy groups -OCH3 is 1. The van der Waals surface area contributed by atoms with Crippen LogP contribution in [0, 0.1) is 0 Å². The molecule has 1 aromatic rings. The van der Waals surface area contributed by atoms with Crippen LogP contribution in [0.1, 0.15) is 18.6 Å². The summed E-state index contributed by atoms with van der Waals surface area (Å²) in [5.74, 6) is 1.34. The highest BCUT2D eigenvalue weighted by atomic mass is 16.5. The molecular weight excluding hydrogens is 170 g/mol. The number of rotatable bonds is 6. The summed E-state index contributed by atoms with van der Waals surface area (Å²) >= 11 is 0. The van der Waals surface area contributed by atoms with Gasteiger partial charge in [0.25, 0.3) is 0 Å². The fourth-order valence-electron chi connectivity index (χ4n) is 0.890. The summed E-state index contributed by atoms with van der Waals surface area (Å²) in [4.78, 5) is 4.16. The fraction of sp³-hybridized carbons (Fsp3) is 0.750. The minimum Gasteiger partial charge on any atom is -0.384 e. The van der Waals surface area contributed by atoms with Crippen LogP contribution in [0.3, 0.4) is 0 Å². The van der Waals surface area contributed by atoms with Crippen LogP contribution in [0.15, 0.2) is 4.52 Å². The molecule has 0 aliphatic carbocycles. The average molecular weight is 185 g/mol. The van der Waals surface area contributed by atoms with Crippen molar-refractivity contribution < 1.29 is 9.26 Å². The molecule has 0 fully saturated rings. The van der Waals surface area contributed by atoms with E-state index in [1.54, 1.807) is 7.11 Å². The molecule has 0 amide bonds. The molecule has 0 bridgehead atoms. The summed E-state index contributed by atoms with van der Waals surface area (Å²) in [6.07, 6.45) is 0.676. The third-order valence-electron chi connectivity index (χ3n) is 1.56. The standard InChI is InChI=1S/C8H15N3O2/c1-3-9-6-7-10-8(13-11-7)4-5-12-2/h9H,3-6H2,1-2H3. The first-order valence-corrected chi connectivity index (χ1v) is 4.38. The maximum absolute atomic E-state index is 4.98. The van der Waals surface area contributed by atoms with Crippen molar-refractivity contribution in [3.05, 3.63) is 11.7 Å². The predicted molar refractivity (Wildman–Crippen MR) is 47.3 cm³/mol. The SMILES string of the molecule is CCNCc1noc(CCOC)n1. The van der Waals surface area contributed by atoms with Gasteiger partial charge in [-0.15, -0.1) is 0 Å². The zero-order valence-electron chi connectivity index (χ0n) is 8.04. The van der Waals surface area contributed by atoms with Gasteiger partial charge in [-0.1, -0.05) is 12.1 Å². The van der Waals surface area contributed by atoms with Crippen LogP contribution in [-0.2, 0) is 17.7 Å². The van der Waals surface area contributed by atoms with Gasteiger partial charge in [-0.25, -0.2) is 0 Å². The second kappa shape index (κ2) is 5.66. The summed E-state index contributed by atoms with van der Waals surface area (Å²) in [5, 5.41) is 6.92. The van der Waals surface area contributed by atoms with Gasteiger partial charge in [-0.2, -0.15) is 4.98 Å². The normalized spacial score (nSPS) is 10.6. The second-order valence-electron chi connectivity index (χ2n) is 2.63. The Labute approximate surface area is 77.5 Å². The van der Waals surface area contributed by atoms with Gasteiger partial charge in [0.1, 0.15) is 0 Å². The maximum Gasteiger partial charge on any atom is 0.229 e. The van der Waals surface area contributed by atoms with E-state index in [0.29, 0.717) is 31.3 Å². The van der Waals surface area contributed by atoms with E-state index in [4.69, 9.17) is 9.26 Å². The van der Waals surface area contributed by atoms with Gasteiger partial charge in [-0.3, -0.25) is 0 Å². The third kappa shape index (κ3) is 3.52. The van der Waals surface area contributed by atoms with Gasteiger partial charge in [0.05, 0.1) is 19.6 Å². The van der Waals surface area contributed by atoms with E-state index in [0.717, 1.165) is 6.54 Å². The largest absolute Gasteiger partial charge is 0.384 e. The molecule has 74 valence electrons. The molecule has 0 spiro atoms. The molecule has 0 aromatic carbocycles. The van der Waals surface area contributed by atoms with Gasteiger partial charge < -0.3 is 14.6 Å². The summed E-state index contributed by atoms with van der Waals surface area (Å²) in [7, 11) is 1.65. The maximum atomic E-state index is 4.98. The van der Waals surface area contributed by atoms with Crippen LogP contribution in [0.25, 0.3) is 0 Å². The van der Waals surface area contributed by atoms with E-state index in [1.165, 1.54) is 0 Å². The van der Waals surface area contributed by atoms with Crippen LogP contribution < -0.4 is 5.32 Å². The molecule has 0 saturated carbocycles. The summed E-state index contributed by atoms with van der Waals surface area (Å²) in [6.45, 7) is 4.21. The first kappa shape index (κ1) is 10.1. The van der Waals surface area contributed by atoms with Crippen molar-refractivity contribution in [3.63, 3.8) is 0 Å². The van der Waals surface area contributed by atoms with Crippen molar-refractivity contribution in [2.24, 2.45) is 0 Å². The predicted octanol–water partition coefficient (Wildman–Crippen LogP) is 0.368. The molecule has 0 atom stereocenters. The van der Waals surface area contributed by atoms with E-state index < -0.39 is 0 Å². The zero-order valence-corrected chi connectivity index (χ0v) is 8.04. The second-order valence-corrected chi connectivity index (χ2v) is 2.63. The molecule has 0 unspecified atom stereocenters. The van der Waals surface area contributed by atoms with Crippen LogP contribution in [0.5, 0.6) is 0 Å². The van der Waals surface area contributed by atoms with E-state index >= 15 is 0 Å². The Hall–Kier alpha value is -0.940. The van der Waals surface area contributed by atoms with Crippen molar-refractivity contribution in [2.75, 3.05) is 20.3 Å². The van der Waals surface area contributed by atoms with E-state index in [-0.39, 0.29) is 0 Å². The molecule has 0 radical (unpaired) electrons. The highest BCUT2D eigenvalue weighted by molar-refractivity contribution is 4.85. The lowest BCUT2D eigenvalue weighted by Gasteiger charge is -1.92. The molecule has 0 aliphatic rings. The number of hydrogen-bond donors (Lipinski definition) is 1. The number of aromatic nitrogens is 2. The highest BCUT2D eigenvalue weighted by Gasteiger charge is 2.04. The third-order valence-corrected chi connectivity index (χ3v) is 1.56. The van der Waals surface area contributed by atoms with Crippen LogP contribution in [-0.4, -0.2) is 30.4 Å². The Morgan fingerprint density at radius 3 is 3.08 bits per heavy atom. The lowest BCUT2D eigenvalue weighted by Crippen LogP contribution is -2.12. The number of hydrogen-bond acceptors (Lipinski definition) is 5. The van der Waals surface area contributed by atoms with Gasteiger partial charge in [0.15, 0.2) is 5.82 Å². The van der Waals surface area contributed by atoms with E-state index in [1.807, 2.05) is 6.92 Å². The van der Waals surface area contributed by atoms with Crippen molar-refractivity contribution in [3.8, 4) is 0 Å². The first-order valence-electron chi connectivity index (χ1n) is 4.38. The van der Waals surface area contributed by atoms with Crippen molar-refractivity contribution in [1.82, 2.24) is 15.5 Å². The van der Waals surface area contributed by atoms with Crippen molar-refractivity contribution in [2.45, 2.75) is 19.9 Å². The monoisotopic (exact) mass is 185 g/mol. The summed E-state index contributed by atoms with van der Waals surface area (Å²) in [5.41, 5.74) is 0. The first-order chi connectivity index (χ1) is 6.36. The van der Waals surface area contributed by atoms with Crippen molar-refractivity contribution >= 4 is 0 Å². The Balaban J connectivity index is 2.34. The minimum absolute atomic E-state index is 0.614. The Kier molecular flexibility index (Phi) is 4.42. The van der Waals surface area contributed by atoms with Gasteiger partial charge in [-0.05, 0) is 6.54 Å². The fourth-order valence-corrected chi connectivity index (χ4v) is 0.890. The molecule has 13 heavy (non-hydrogen) atoms. The van der Waals surface area contributed by atoms with Gasteiger partial charge >= 0.3 is 0 Å². The van der Waals surface area contributed by atoms with Gasteiger partial charge in [0, 0.05) is 7.11 Å². The van der Waals surface area contributed by atoms with Crippen LogP contribution in [0.2, 0.25) is 0 Å². The molecule has 1 heterocycles. The molecule has 0 saturated heterocycles. The highest BCUT2D eigenvalue weighted by Crippen LogP contribution is 1.97.